The predicted octanol–water partition coefficient (Wildman–Crippen LogP) is 3.58. The third kappa shape index (κ3) is 2.55. The molecule has 4 aromatic rings. The number of nitrogen functional groups attached to an aromatic ring is 1. The van der Waals surface area contributed by atoms with Gasteiger partial charge in [0.15, 0.2) is 17.3 Å². The molecule has 0 radical (unpaired) electrons. The van der Waals surface area contributed by atoms with Crippen LogP contribution in [-0.2, 0) is 13.0 Å². The first-order chi connectivity index (χ1) is 14.1. The SMILES string of the molecule is Nc1cc2c(cc1F)CN(c1nn3c(C4CC4)nnc3c3ccc(F)cc13)CC2. The average molecular weight is 392 g/mol. The van der Waals surface area contributed by atoms with Gasteiger partial charge in [-0.2, -0.15) is 4.52 Å². The summed E-state index contributed by atoms with van der Waals surface area (Å²) in [4.78, 5) is 2.07. The van der Waals surface area contributed by atoms with Crippen LogP contribution in [-0.4, -0.2) is 26.4 Å². The number of benzene rings is 2. The first kappa shape index (κ1) is 16.6. The van der Waals surface area contributed by atoms with E-state index in [2.05, 4.69) is 15.1 Å². The highest BCUT2D eigenvalue weighted by molar-refractivity contribution is 6.00. The maximum Gasteiger partial charge on any atom is 0.185 e. The molecule has 2 aromatic heterocycles. The summed E-state index contributed by atoms with van der Waals surface area (Å²) in [6, 6.07) is 7.85. The summed E-state index contributed by atoms with van der Waals surface area (Å²) in [5, 5.41) is 15.0. The van der Waals surface area contributed by atoms with E-state index in [9.17, 15) is 8.78 Å². The van der Waals surface area contributed by atoms with Crippen LogP contribution in [0, 0.1) is 11.6 Å². The highest BCUT2D eigenvalue weighted by Gasteiger charge is 2.31. The van der Waals surface area contributed by atoms with Gasteiger partial charge in [0.2, 0.25) is 0 Å². The van der Waals surface area contributed by atoms with E-state index in [-0.39, 0.29) is 11.5 Å². The van der Waals surface area contributed by atoms with Crippen LogP contribution in [0.25, 0.3) is 16.4 Å². The second kappa shape index (κ2) is 5.85. The van der Waals surface area contributed by atoms with Gasteiger partial charge in [-0.3, -0.25) is 0 Å². The fourth-order valence-electron chi connectivity index (χ4n) is 4.21. The van der Waals surface area contributed by atoms with Gasteiger partial charge in [0.1, 0.15) is 11.6 Å². The standard InChI is InChI=1S/C21H18F2N6/c22-14-3-4-15-16(9-14)21(27-29-19(11-1-2-11)25-26-20(15)29)28-6-5-12-8-18(24)17(23)7-13(12)10-28/h3-4,7-9,11H,1-2,5-6,10,24H2. The second-order valence-electron chi connectivity index (χ2n) is 7.90. The van der Waals surface area contributed by atoms with E-state index in [0.717, 1.165) is 35.2 Å². The van der Waals surface area contributed by atoms with Gasteiger partial charge in [-0.05, 0) is 60.7 Å². The van der Waals surface area contributed by atoms with E-state index >= 15 is 0 Å². The van der Waals surface area contributed by atoms with Gasteiger partial charge in [0, 0.05) is 29.8 Å². The maximum absolute atomic E-state index is 14.1. The molecule has 1 aliphatic heterocycles. The Bertz CT molecular complexity index is 1290. The van der Waals surface area contributed by atoms with E-state index in [4.69, 9.17) is 10.8 Å². The molecule has 0 saturated heterocycles. The van der Waals surface area contributed by atoms with Crippen molar-refractivity contribution < 1.29 is 8.78 Å². The molecule has 1 fully saturated rings. The van der Waals surface area contributed by atoms with Gasteiger partial charge >= 0.3 is 0 Å². The molecule has 0 atom stereocenters. The van der Waals surface area contributed by atoms with Crippen LogP contribution in [0.4, 0.5) is 20.3 Å². The van der Waals surface area contributed by atoms with Crippen molar-refractivity contribution in [3.63, 3.8) is 0 Å². The van der Waals surface area contributed by atoms with E-state index in [1.54, 1.807) is 16.6 Å². The van der Waals surface area contributed by atoms with Gasteiger partial charge in [-0.25, -0.2) is 8.78 Å². The zero-order valence-electron chi connectivity index (χ0n) is 15.6. The minimum atomic E-state index is -0.417. The fraction of sp³-hybridized carbons (Fsp3) is 0.286. The van der Waals surface area contributed by atoms with Crippen LogP contribution in [0.15, 0.2) is 30.3 Å². The summed E-state index contributed by atoms with van der Waals surface area (Å²) >= 11 is 0. The molecule has 8 heteroatoms. The van der Waals surface area contributed by atoms with Crippen LogP contribution >= 0.6 is 0 Å². The molecule has 29 heavy (non-hydrogen) atoms. The minimum absolute atomic E-state index is 0.169. The molecule has 2 N–H and O–H groups in total. The maximum atomic E-state index is 14.1. The van der Waals surface area contributed by atoms with Crippen molar-refractivity contribution in [3.05, 3.63) is 58.9 Å². The Labute approximate surface area is 164 Å². The first-order valence-corrected chi connectivity index (χ1v) is 9.75. The quantitative estimate of drug-likeness (QED) is 0.528. The predicted molar refractivity (Wildman–Crippen MR) is 106 cm³/mol. The lowest BCUT2D eigenvalue weighted by Gasteiger charge is -2.31. The highest BCUT2D eigenvalue weighted by atomic mass is 19.1. The number of halogens is 2. The van der Waals surface area contributed by atoms with Crippen molar-refractivity contribution in [2.45, 2.75) is 31.7 Å². The van der Waals surface area contributed by atoms with E-state index < -0.39 is 5.82 Å². The van der Waals surface area contributed by atoms with Crippen molar-refractivity contribution >= 4 is 27.9 Å². The number of nitrogens with two attached hydrogens (primary N) is 1. The summed E-state index contributed by atoms with van der Waals surface area (Å²) < 4.78 is 29.9. The van der Waals surface area contributed by atoms with Gasteiger partial charge in [-0.1, -0.05) is 0 Å². The van der Waals surface area contributed by atoms with Crippen LogP contribution in [0.5, 0.6) is 0 Å². The topological polar surface area (TPSA) is 72.3 Å². The van der Waals surface area contributed by atoms with Crippen LogP contribution in [0.3, 0.4) is 0 Å². The molecule has 146 valence electrons. The molecular weight excluding hydrogens is 374 g/mol. The number of rotatable bonds is 2. The fourth-order valence-corrected chi connectivity index (χ4v) is 4.21. The lowest BCUT2D eigenvalue weighted by Crippen LogP contribution is -2.32. The summed E-state index contributed by atoms with van der Waals surface area (Å²) in [6.07, 6.45) is 2.88. The summed E-state index contributed by atoms with van der Waals surface area (Å²) in [5.41, 5.74) is 8.45. The lowest BCUT2D eigenvalue weighted by atomic mass is 9.98. The third-order valence-electron chi connectivity index (χ3n) is 5.90. The van der Waals surface area contributed by atoms with Crippen molar-refractivity contribution in [1.29, 1.82) is 0 Å². The normalized spacial score (nSPS) is 16.6. The highest BCUT2D eigenvalue weighted by Crippen LogP contribution is 2.40. The lowest BCUT2D eigenvalue weighted by molar-refractivity contribution is 0.622. The Balaban J connectivity index is 1.54. The Morgan fingerprint density at radius 3 is 2.69 bits per heavy atom. The molecule has 1 aliphatic carbocycles. The Hall–Kier alpha value is -3.29. The molecule has 0 spiro atoms. The van der Waals surface area contributed by atoms with E-state index in [1.807, 2.05) is 0 Å². The number of hydrogen-bond acceptors (Lipinski definition) is 5. The van der Waals surface area contributed by atoms with Gasteiger partial charge in [0.05, 0.1) is 5.69 Å². The van der Waals surface area contributed by atoms with Crippen LogP contribution in [0.2, 0.25) is 0 Å². The molecule has 2 aliphatic rings. The van der Waals surface area contributed by atoms with Gasteiger partial charge < -0.3 is 10.6 Å². The van der Waals surface area contributed by atoms with E-state index in [0.29, 0.717) is 42.3 Å². The number of hydrogen-bond donors (Lipinski definition) is 1. The molecule has 0 amide bonds. The van der Waals surface area contributed by atoms with Crippen LogP contribution < -0.4 is 10.6 Å². The zero-order chi connectivity index (χ0) is 19.7. The second-order valence-corrected chi connectivity index (χ2v) is 7.90. The van der Waals surface area contributed by atoms with Gasteiger partial charge in [-0.15, -0.1) is 15.3 Å². The summed E-state index contributed by atoms with van der Waals surface area (Å²) in [5.74, 6) is 1.14. The smallest absolute Gasteiger partial charge is 0.185 e. The molecule has 6 rings (SSSR count). The molecule has 6 nitrogen and oxygen atoms in total. The monoisotopic (exact) mass is 392 g/mol. The molecular formula is C21H18F2N6. The van der Waals surface area contributed by atoms with Gasteiger partial charge in [0.25, 0.3) is 0 Å². The summed E-state index contributed by atoms with van der Waals surface area (Å²) in [7, 11) is 0. The Morgan fingerprint density at radius 1 is 1.00 bits per heavy atom. The zero-order valence-corrected chi connectivity index (χ0v) is 15.6. The minimum Gasteiger partial charge on any atom is -0.396 e. The number of nitrogens with zero attached hydrogens (tertiary/aromatic N) is 5. The average Bonchev–Trinajstić information content (AvgIpc) is 3.47. The van der Waals surface area contributed by atoms with Crippen LogP contribution in [0.1, 0.15) is 35.7 Å². The van der Waals surface area contributed by atoms with Crippen molar-refractivity contribution in [3.8, 4) is 0 Å². The molecule has 3 heterocycles. The Kier molecular flexibility index (Phi) is 3.36. The van der Waals surface area contributed by atoms with Crippen molar-refractivity contribution in [2.75, 3.05) is 17.2 Å². The van der Waals surface area contributed by atoms with Crippen molar-refractivity contribution in [2.24, 2.45) is 0 Å². The molecule has 0 unspecified atom stereocenters. The number of fused-ring (bicyclic) bond motifs is 4. The first-order valence-electron chi connectivity index (χ1n) is 9.75. The molecule has 1 saturated carbocycles. The third-order valence-corrected chi connectivity index (χ3v) is 5.90. The van der Waals surface area contributed by atoms with E-state index in [1.165, 1.54) is 18.2 Å². The number of aromatic nitrogens is 4. The summed E-state index contributed by atoms with van der Waals surface area (Å²) in [6.45, 7) is 1.17. The van der Waals surface area contributed by atoms with Crippen molar-refractivity contribution in [1.82, 2.24) is 19.8 Å². The Morgan fingerprint density at radius 2 is 1.86 bits per heavy atom. The number of anilines is 2. The largest absolute Gasteiger partial charge is 0.396 e. The molecule has 2 aromatic carbocycles. The molecule has 0 bridgehead atoms.